The number of carboxylic acids is 1. The van der Waals surface area contributed by atoms with Crippen molar-refractivity contribution in [2.45, 2.75) is 74.4 Å². The number of rotatable bonds is 13. The lowest BCUT2D eigenvalue weighted by Gasteiger charge is -2.46. The fraction of sp³-hybridized carbons (Fsp3) is 0.667. The Morgan fingerprint density at radius 1 is 1.36 bits per heavy atom. The zero-order valence-electron chi connectivity index (χ0n) is 22.0. The van der Waals surface area contributed by atoms with Gasteiger partial charge in [-0.2, -0.15) is 4.98 Å². The summed E-state index contributed by atoms with van der Waals surface area (Å²) in [5.74, 6) is -6.01. The molecule has 10 N–H and O–H groups in total. The number of nitrogen functional groups attached to an aromatic ring is 1. The molecular formula is C21H32N5O15P. The number of aromatic nitrogens is 2. The summed E-state index contributed by atoms with van der Waals surface area (Å²) in [7, 11) is -5.40. The summed E-state index contributed by atoms with van der Waals surface area (Å²) in [5, 5.41) is 56.1. The standard InChI is InChI=1S/C21H32N5O15P/c1-9(28)24-15-12(30)5-21(19(33)34,40-17(15)16(32)13(31)6-23-8-27)41-42(36,37)38-7-10-4-11(29)18(39-10)26-3-2-14(22)25-20(26)35/h2-3,8,10-13,15-18,29-32H,4-7H2,1H3,(H,23,27)(H,24,28)(H,33,34)(H,36,37)(H2,22,25,35)/t10-,11-,12?,13+,15?,16+,17?,18?,21?/m0/s1. The molecule has 21 heteroatoms. The Labute approximate surface area is 236 Å². The predicted octanol–water partition coefficient (Wildman–Crippen LogP) is -4.49. The molecule has 0 saturated carbocycles. The van der Waals surface area contributed by atoms with Crippen LogP contribution < -0.4 is 22.1 Å². The van der Waals surface area contributed by atoms with Crippen molar-refractivity contribution < 1.29 is 67.9 Å². The van der Waals surface area contributed by atoms with E-state index in [1.807, 2.05) is 0 Å². The number of nitrogens with two attached hydrogens (primary N) is 1. The number of carbonyl (C=O) groups is 3. The van der Waals surface area contributed by atoms with Crippen LogP contribution in [0, 0.1) is 0 Å². The molecule has 20 nitrogen and oxygen atoms in total. The molecular weight excluding hydrogens is 593 g/mol. The Morgan fingerprint density at radius 3 is 2.64 bits per heavy atom. The first-order chi connectivity index (χ1) is 19.6. The normalized spacial score (nSPS) is 32.3. The quantitative estimate of drug-likeness (QED) is 0.0737. The SMILES string of the molecule is CC(=O)NC1C(O)CC(OP(=O)(O)OC[C@@H]2C[C@H](O)C(n3ccc(N)nc3=O)O2)(C(=O)O)OC1[C@H](O)[C@H](O)CNC=O. The largest absolute Gasteiger partial charge is 0.477 e. The smallest absolute Gasteiger partial charge is 0.475 e. The molecule has 3 rings (SSSR count). The fourth-order valence-corrected chi connectivity index (χ4v) is 5.47. The van der Waals surface area contributed by atoms with Gasteiger partial charge in [0.15, 0.2) is 6.23 Å². The Balaban J connectivity index is 1.76. The second-order valence-electron chi connectivity index (χ2n) is 9.57. The van der Waals surface area contributed by atoms with Crippen LogP contribution in [0.1, 0.15) is 26.0 Å². The number of carbonyl (C=O) groups excluding carboxylic acids is 2. The minimum Gasteiger partial charge on any atom is -0.477 e. The highest BCUT2D eigenvalue weighted by Crippen LogP contribution is 2.51. The number of hydrogen-bond donors (Lipinski definition) is 9. The van der Waals surface area contributed by atoms with Gasteiger partial charge in [-0.25, -0.2) is 18.7 Å². The van der Waals surface area contributed by atoms with Gasteiger partial charge in [-0.1, -0.05) is 0 Å². The average Bonchev–Trinajstić information content (AvgIpc) is 3.26. The molecule has 0 radical (unpaired) electrons. The Bertz CT molecular complexity index is 1250. The Kier molecular flexibility index (Phi) is 10.8. The number of aliphatic hydroxyl groups excluding tert-OH is 4. The highest BCUT2D eigenvalue weighted by Gasteiger charge is 2.58. The minimum absolute atomic E-state index is 0.0744. The lowest BCUT2D eigenvalue weighted by atomic mass is 9.88. The molecule has 0 spiro atoms. The van der Waals surface area contributed by atoms with Gasteiger partial charge in [0.05, 0.1) is 31.0 Å². The summed E-state index contributed by atoms with van der Waals surface area (Å²) in [6, 6.07) is -0.255. The van der Waals surface area contributed by atoms with Gasteiger partial charge in [0.1, 0.15) is 24.1 Å². The predicted molar refractivity (Wildman–Crippen MR) is 134 cm³/mol. The number of nitrogens with zero attached hydrogens (tertiary/aromatic N) is 2. The first-order valence-electron chi connectivity index (χ1n) is 12.3. The van der Waals surface area contributed by atoms with E-state index in [4.69, 9.17) is 24.3 Å². The molecule has 0 aliphatic carbocycles. The highest BCUT2D eigenvalue weighted by atomic mass is 31.2. The van der Waals surface area contributed by atoms with Crippen molar-refractivity contribution in [1.82, 2.24) is 20.2 Å². The summed E-state index contributed by atoms with van der Waals surface area (Å²) in [4.78, 5) is 60.5. The lowest BCUT2D eigenvalue weighted by Crippen LogP contribution is -2.67. The van der Waals surface area contributed by atoms with Crippen LogP contribution in [0.4, 0.5) is 5.82 Å². The third kappa shape index (κ3) is 7.86. The number of amides is 2. The molecule has 42 heavy (non-hydrogen) atoms. The van der Waals surface area contributed by atoms with Crippen molar-refractivity contribution in [2.75, 3.05) is 18.9 Å². The van der Waals surface area contributed by atoms with Crippen LogP contribution in [-0.4, -0.2) is 120 Å². The van der Waals surface area contributed by atoms with Crippen molar-refractivity contribution in [2.24, 2.45) is 0 Å². The monoisotopic (exact) mass is 625 g/mol. The minimum atomic E-state index is -5.40. The van der Waals surface area contributed by atoms with E-state index in [2.05, 4.69) is 15.6 Å². The van der Waals surface area contributed by atoms with Crippen LogP contribution in [-0.2, 0) is 37.5 Å². The molecule has 2 aliphatic rings. The topological polar surface area (TPSA) is 312 Å². The molecule has 1 aromatic rings. The molecule has 2 amide bonds. The van der Waals surface area contributed by atoms with Crippen LogP contribution >= 0.6 is 7.82 Å². The number of nitrogens with one attached hydrogen (secondary N) is 2. The van der Waals surface area contributed by atoms with Gasteiger partial charge in [0.2, 0.25) is 12.3 Å². The molecule has 0 aromatic carbocycles. The number of phosphoric ester groups is 1. The zero-order valence-corrected chi connectivity index (χ0v) is 22.9. The first kappa shape index (κ1) is 33.5. The summed E-state index contributed by atoms with van der Waals surface area (Å²) in [6.45, 7) is -0.269. The van der Waals surface area contributed by atoms with Crippen LogP contribution in [0.2, 0.25) is 0 Å². The van der Waals surface area contributed by atoms with Crippen molar-refractivity contribution in [3.8, 4) is 0 Å². The van der Waals surface area contributed by atoms with Gasteiger partial charge in [-0.3, -0.25) is 18.7 Å². The fourth-order valence-electron chi connectivity index (χ4n) is 4.50. The molecule has 236 valence electrons. The molecule has 3 heterocycles. The number of hydrogen-bond acceptors (Lipinski definition) is 15. The summed E-state index contributed by atoms with van der Waals surface area (Å²) in [6.07, 6.45) is -11.2. The van der Waals surface area contributed by atoms with Crippen molar-refractivity contribution >= 4 is 31.9 Å². The number of carboxylic acid groups (broad SMARTS) is 1. The van der Waals surface area contributed by atoms with E-state index in [-0.39, 0.29) is 18.6 Å². The lowest BCUT2D eigenvalue weighted by molar-refractivity contribution is -0.288. The van der Waals surface area contributed by atoms with E-state index in [0.717, 1.165) is 11.5 Å². The third-order valence-corrected chi connectivity index (χ3v) is 7.39. The summed E-state index contributed by atoms with van der Waals surface area (Å²) in [5.41, 5.74) is 4.60. The van der Waals surface area contributed by atoms with Crippen molar-refractivity contribution in [3.05, 3.63) is 22.7 Å². The number of anilines is 1. The molecule has 2 fully saturated rings. The number of ether oxygens (including phenoxy) is 2. The zero-order chi connectivity index (χ0) is 31.4. The highest BCUT2D eigenvalue weighted by molar-refractivity contribution is 7.47. The van der Waals surface area contributed by atoms with E-state index < -0.39 is 99.6 Å². The van der Waals surface area contributed by atoms with Crippen LogP contribution in [0.3, 0.4) is 0 Å². The number of phosphoric acid groups is 1. The maximum absolute atomic E-state index is 12.8. The molecule has 0 bridgehead atoms. The molecule has 10 atom stereocenters. The maximum atomic E-state index is 12.8. The molecule has 1 aromatic heterocycles. The molecule has 2 aliphatic heterocycles. The number of aliphatic carboxylic acids is 1. The van der Waals surface area contributed by atoms with E-state index in [9.17, 15) is 54.2 Å². The van der Waals surface area contributed by atoms with Crippen LogP contribution in [0.5, 0.6) is 0 Å². The summed E-state index contributed by atoms with van der Waals surface area (Å²) >= 11 is 0. The van der Waals surface area contributed by atoms with Crippen molar-refractivity contribution in [3.63, 3.8) is 0 Å². The van der Waals surface area contributed by atoms with Crippen LogP contribution in [0.15, 0.2) is 17.1 Å². The average molecular weight is 625 g/mol. The van der Waals surface area contributed by atoms with E-state index in [1.165, 1.54) is 12.3 Å². The van der Waals surface area contributed by atoms with Gasteiger partial charge in [-0.05, 0) is 6.07 Å². The summed E-state index contributed by atoms with van der Waals surface area (Å²) < 4.78 is 34.4. The second kappa shape index (κ2) is 13.5. The van der Waals surface area contributed by atoms with Gasteiger partial charge in [0, 0.05) is 32.5 Å². The molecule has 2 saturated heterocycles. The van der Waals surface area contributed by atoms with Gasteiger partial charge in [-0.15, -0.1) is 0 Å². The van der Waals surface area contributed by atoms with Gasteiger partial charge >= 0.3 is 19.5 Å². The first-order valence-corrected chi connectivity index (χ1v) is 13.8. The third-order valence-electron chi connectivity index (χ3n) is 6.39. The number of aliphatic hydroxyl groups is 4. The Morgan fingerprint density at radius 2 is 2.05 bits per heavy atom. The van der Waals surface area contributed by atoms with Crippen molar-refractivity contribution in [1.29, 1.82) is 0 Å². The van der Waals surface area contributed by atoms with Gasteiger partial charge < -0.3 is 56.3 Å². The van der Waals surface area contributed by atoms with Gasteiger partial charge in [0.25, 0.3) is 5.79 Å². The Hall–Kier alpha value is -3.04. The van der Waals surface area contributed by atoms with E-state index in [1.54, 1.807) is 0 Å². The van der Waals surface area contributed by atoms with E-state index >= 15 is 0 Å². The van der Waals surface area contributed by atoms with E-state index in [0.29, 0.717) is 0 Å². The van der Waals surface area contributed by atoms with Crippen LogP contribution in [0.25, 0.3) is 0 Å². The second-order valence-corrected chi connectivity index (χ2v) is 10.9. The molecule has 6 unspecified atom stereocenters. The maximum Gasteiger partial charge on any atom is 0.475 e.